The van der Waals surface area contributed by atoms with E-state index in [0.29, 0.717) is 0 Å². The predicted octanol–water partition coefficient (Wildman–Crippen LogP) is 2.24. The Balaban J connectivity index is 2.29. The Morgan fingerprint density at radius 2 is 2.05 bits per heavy atom. The molecule has 0 saturated carbocycles. The number of aromatic amines is 1. The summed E-state index contributed by atoms with van der Waals surface area (Å²) in [7, 11) is -3.92. The van der Waals surface area contributed by atoms with E-state index in [9.17, 15) is 18.5 Å². The third kappa shape index (κ3) is 3.37. The zero-order valence-electron chi connectivity index (χ0n) is 11.4. The van der Waals surface area contributed by atoms with Gasteiger partial charge in [-0.25, -0.2) is 8.42 Å². The Kier molecular flexibility index (Phi) is 3.94. The highest BCUT2D eigenvalue weighted by Gasteiger charge is 2.19. The van der Waals surface area contributed by atoms with E-state index < -0.39 is 14.9 Å². The van der Waals surface area contributed by atoms with Crippen LogP contribution in [0, 0.1) is 10.1 Å². The summed E-state index contributed by atoms with van der Waals surface area (Å²) in [6.07, 6.45) is 0. The van der Waals surface area contributed by atoms with Gasteiger partial charge < -0.3 is 0 Å². The summed E-state index contributed by atoms with van der Waals surface area (Å²) in [5.41, 5.74) is 0.495. The number of aromatic nitrogens is 2. The minimum atomic E-state index is -3.92. The summed E-state index contributed by atoms with van der Waals surface area (Å²) >= 11 is 0. The number of nitro benzene ring substituents is 1. The number of anilines is 1. The minimum Gasteiger partial charge on any atom is -0.280 e. The summed E-state index contributed by atoms with van der Waals surface area (Å²) < 4.78 is 26.6. The van der Waals surface area contributed by atoms with Crippen LogP contribution in [0.25, 0.3) is 0 Å². The van der Waals surface area contributed by atoms with Crippen molar-refractivity contribution in [1.29, 1.82) is 0 Å². The van der Waals surface area contributed by atoms with Gasteiger partial charge >= 0.3 is 0 Å². The molecule has 1 aromatic carbocycles. The van der Waals surface area contributed by atoms with Crippen molar-refractivity contribution < 1.29 is 13.3 Å². The number of H-pyrrole nitrogens is 1. The normalized spacial score (nSPS) is 11.6. The average molecular weight is 310 g/mol. The molecule has 2 rings (SSSR count). The smallest absolute Gasteiger partial charge is 0.270 e. The van der Waals surface area contributed by atoms with Gasteiger partial charge in [0, 0.05) is 23.9 Å². The molecule has 0 aliphatic rings. The first-order chi connectivity index (χ1) is 9.79. The van der Waals surface area contributed by atoms with E-state index >= 15 is 0 Å². The standard InChI is InChI=1S/C12H14N4O4S/c1-8(2)11-7-12(14-13-11)15-21(19,20)10-5-3-4-9(6-10)16(17)18/h3-8H,1-2H3,(H2,13,14,15). The molecular formula is C12H14N4O4S. The molecule has 1 heterocycles. The second-order valence-corrected chi connectivity index (χ2v) is 6.41. The van der Waals surface area contributed by atoms with E-state index in [0.717, 1.165) is 11.8 Å². The largest absolute Gasteiger partial charge is 0.280 e. The highest BCUT2D eigenvalue weighted by Crippen LogP contribution is 2.21. The number of hydrogen-bond acceptors (Lipinski definition) is 5. The van der Waals surface area contributed by atoms with Gasteiger partial charge in [0.1, 0.15) is 0 Å². The molecule has 0 fully saturated rings. The van der Waals surface area contributed by atoms with Gasteiger partial charge in [0.25, 0.3) is 15.7 Å². The monoisotopic (exact) mass is 310 g/mol. The van der Waals surface area contributed by atoms with Crippen LogP contribution >= 0.6 is 0 Å². The molecule has 0 amide bonds. The fourth-order valence-electron chi connectivity index (χ4n) is 1.65. The van der Waals surface area contributed by atoms with Crippen LogP contribution in [0.5, 0.6) is 0 Å². The Labute approximate surface area is 121 Å². The van der Waals surface area contributed by atoms with Crippen LogP contribution in [0.15, 0.2) is 35.2 Å². The number of hydrogen-bond donors (Lipinski definition) is 2. The lowest BCUT2D eigenvalue weighted by Crippen LogP contribution is -2.13. The van der Waals surface area contributed by atoms with Crippen molar-refractivity contribution in [2.24, 2.45) is 0 Å². The molecule has 2 aromatic rings. The van der Waals surface area contributed by atoms with Crippen molar-refractivity contribution in [2.45, 2.75) is 24.7 Å². The molecule has 21 heavy (non-hydrogen) atoms. The zero-order chi connectivity index (χ0) is 15.6. The van der Waals surface area contributed by atoms with Crippen molar-refractivity contribution in [3.63, 3.8) is 0 Å². The maximum atomic E-state index is 12.2. The summed E-state index contributed by atoms with van der Waals surface area (Å²) in [5.74, 6) is 0.318. The fourth-order valence-corrected chi connectivity index (χ4v) is 2.68. The van der Waals surface area contributed by atoms with Crippen LogP contribution in [0.1, 0.15) is 25.5 Å². The first-order valence-corrected chi connectivity index (χ1v) is 7.60. The van der Waals surface area contributed by atoms with Crippen LogP contribution in [0.2, 0.25) is 0 Å². The van der Waals surface area contributed by atoms with E-state index in [1.165, 1.54) is 18.2 Å². The number of nitrogens with one attached hydrogen (secondary N) is 2. The van der Waals surface area contributed by atoms with E-state index in [-0.39, 0.29) is 22.3 Å². The van der Waals surface area contributed by atoms with Crippen LogP contribution in [-0.2, 0) is 10.0 Å². The highest BCUT2D eigenvalue weighted by molar-refractivity contribution is 7.92. The summed E-state index contributed by atoms with van der Waals surface area (Å²) in [5, 5.41) is 17.3. The van der Waals surface area contributed by atoms with Crippen molar-refractivity contribution in [3.05, 3.63) is 46.1 Å². The number of benzene rings is 1. The van der Waals surface area contributed by atoms with E-state index in [1.54, 1.807) is 6.07 Å². The maximum absolute atomic E-state index is 12.2. The van der Waals surface area contributed by atoms with Gasteiger partial charge in [-0.2, -0.15) is 5.10 Å². The summed E-state index contributed by atoms with van der Waals surface area (Å²) in [4.78, 5) is 9.85. The molecule has 0 atom stereocenters. The fraction of sp³-hybridized carbons (Fsp3) is 0.250. The summed E-state index contributed by atoms with van der Waals surface area (Å²) in [6.45, 7) is 3.87. The van der Waals surface area contributed by atoms with Crippen molar-refractivity contribution in [3.8, 4) is 0 Å². The molecule has 0 saturated heterocycles. The van der Waals surface area contributed by atoms with Crippen molar-refractivity contribution in [2.75, 3.05) is 4.72 Å². The molecule has 0 aliphatic carbocycles. The van der Waals surface area contributed by atoms with Gasteiger partial charge in [0.05, 0.1) is 9.82 Å². The zero-order valence-corrected chi connectivity index (χ0v) is 12.2. The highest BCUT2D eigenvalue weighted by atomic mass is 32.2. The van der Waals surface area contributed by atoms with Gasteiger partial charge in [-0.1, -0.05) is 19.9 Å². The molecule has 2 N–H and O–H groups in total. The molecule has 0 unspecified atom stereocenters. The van der Waals surface area contributed by atoms with Gasteiger partial charge in [-0.05, 0) is 12.0 Å². The SMILES string of the molecule is CC(C)c1cc(NS(=O)(=O)c2cccc([N+](=O)[O-])c2)n[nH]1. The van der Waals surface area contributed by atoms with E-state index in [2.05, 4.69) is 14.9 Å². The second-order valence-electron chi connectivity index (χ2n) is 4.72. The third-order valence-corrected chi connectivity index (χ3v) is 4.15. The first kappa shape index (κ1) is 15.0. The molecule has 112 valence electrons. The number of rotatable bonds is 5. The lowest BCUT2D eigenvalue weighted by atomic mass is 10.1. The molecule has 1 aromatic heterocycles. The van der Waals surface area contributed by atoms with Crippen LogP contribution in [-0.4, -0.2) is 23.5 Å². The van der Waals surface area contributed by atoms with Crippen molar-refractivity contribution >= 4 is 21.5 Å². The molecule has 0 bridgehead atoms. The topological polar surface area (TPSA) is 118 Å². The lowest BCUT2D eigenvalue weighted by Gasteiger charge is -2.04. The molecule has 0 aliphatic heterocycles. The Morgan fingerprint density at radius 3 is 2.62 bits per heavy atom. The Bertz CT molecular complexity index is 767. The average Bonchev–Trinajstić information content (AvgIpc) is 2.87. The van der Waals surface area contributed by atoms with Gasteiger partial charge in [0.2, 0.25) is 0 Å². The van der Waals surface area contributed by atoms with Crippen LogP contribution in [0.3, 0.4) is 0 Å². The minimum absolute atomic E-state index is 0.144. The third-order valence-electron chi connectivity index (χ3n) is 2.80. The van der Waals surface area contributed by atoms with Gasteiger partial charge in [-0.15, -0.1) is 0 Å². The Hall–Kier alpha value is -2.42. The van der Waals surface area contributed by atoms with Gasteiger partial charge in [0.15, 0.2) is 5.82 Å². The van der Waals surface area contributed by atoms with Crippen LogP contribution in [0.4, 0.5) is 11.5 Å². The number of nitro groups is 1. The van der Waals surface area contributed by atoms with Gasteiger partial charge in [-0.3, -0.25) is 19.9 Å². The molecule has 0 radical (unpaired) electrons. The number of non-ortho nitro benzene ring substituents is 1. The quantitative estimate of drug-likeness (QED) is 0.648. The predicted molar refractivity (Wildman–Crippen MR) is 76.6 cm³/mol. The van der Waals surface area contributed by atoms with E-state index in [4.69, 9.17) is 0 Å². The van der Waals surface area contributed by atoms with E-state index in [1.807, 2.05) is 13.8 Å². The van der Waals surface area contributed by atoms with Crippen LogP contribution < -0.4 is 4.72 Å². The molecular weight excluding hydrogens is 296 g/mol. The van der Waals surface area contributed by atoms with Crippen molar-refractivity contribution in [1.82, 2.24) is 10.2 Å². The number of sulfonamides is 1. The lowest BCUT2D eigenvalue weighted by molar-refractivity contribution is -0.385. The molecule has 8 nitrogen and oxygen atoms in total. The molecule has 9 heteroatoms. The summed E-state index contributed by atoms with van der Waals surface area (Å²) in [6, 6.07) is 6.41. The second kappa shape index (κ2) is 5.52. The molecule has 0 spiro atoms. The maximum Gasteiger partial charge on any atom is 0.270 e. The Morgan fingerprint density at radius 1 is 1.33 bits per heavy atom. The number of nitrogens with zero attached hydrogens (tertiary/aromatic N) is 2. The first-order valence-electron chi connectivity index (χ1n) is 6.12.